The third kappa shape index (κ3) is 6.57. The number of H-pyrrole nitrogens is 2. The molecule has 0 bridgehead atoms. The zero-order chi connectivity index (χ0) is 27.4. The Hall–Kier alpha value is -3.92. The van der Waals surface area contributed by atoms with Crippen LogP contribution in [-0.2, 0) is 17.6 Å². The van der Waals surface area contributed by atoms with E-state index in [4.69, 9.17) is 0 Å². The Kier molecular flexibility index (Phi) is 8.11. The van der Waals surface area contributed by atoms with E-state index in [0.29, 0.717) is 22.6 Å². The van der Waals surface area contributed by atoms with Crippen molar-refractivity contribution in [3.05, 3.63) is 104 Å². The van der Waals surface area contributed by atoms with Crippen molar-refractivity contribution in [1.82, 2.24) is 29.6 Å². The van der Waals surface area contributed by atoms with Gasteiger partial charge in [-0.2, -0.15) is 0 Å². The van der Waals surface area contributed by atoms with Gasteiger partial charge in [-0.05, 0) is 61.8 Å². The van der Waals surface area contributed by atoms with Crippen LogP contribution in [0, 0.1) is 19.8 Å². The first-order valence-corrected chi connectivity index (χ1v) is 14.1. The van der Waals surface area contributed by atoms with Crippen LogP contribution in [0.25, 0.3) is 5.69 Å². The number of thioether (sulfide) groups is 1. The van der Waals surface area contributed by atoms with E-state index in [-0.39, 0.29) is 18.1 Å². The zero-order valence-electron chi connectivity index (χ0n) is 22.1. The number of aromatic nitrogens is 5. The minimum atomic E-state index is -0.567. The molecule has 1 aliphatic rings. The van der Waals surface area contributed by atoms with Crippen LogP contribution in [0.5, 0.6) is 0 Å². The van der Waals surface area contributed by atoms with Crippen LogP contribution in [0.15, 0.2) is 69.3 Å². The maximum Gasteiger partial charge on any atom is 0.325 e. The van der Waals surface area contributed by atoms with Crippen molar-refractivity contribution in [2.45, 2.75) is 44.7 Å². The maximum atomic E-state index is 13.1. The molecule has 1 aliphatic heterocycles. The van der Waals surface area contributed by atoms with Crippen LogP contribution >= 0.6 is 11.8 Å². The summed E-state index contributed by atoms with van der Waals surface area (Å²) in [5.74, 6) is 1.51. The maximum absolute atomic E-state index is 13.1. The van der Waals surface area contributed by atoms with Crippen LogP contribution in [0.4, 0.5) is 0 Å². The van der Waals surface area contributed by atoms with Gasteiger partial charge in [0.1, 0.15) is 5.82 Å². The van der Waals surface area contributed by atoms with Gasteiger partial charge in [-0.25, -0.2) is 4.79 Å². The number of benzene rings is 2. The fraction of sp³-hybridized carbons (Fsp3) is 0.345. The lowest BCUT2D eigenvalue weighted by atomic mass is 9.90. The number of amides is 1. The molecule has 202 valence electrons. The Labute approximate surface area is 230 Å². The second-order valence-electron chi connectivity index (χ2n) is 10.1. The third-order valence-electron chi connectivity index (χ3n) is 7.13. The molecule has 0 atom stereocenters. The number of nitrogens with zero attached hydrogens (tertiary/aromatic N) is 4. The first-order chi connectivity index (χ1) is 18.9. The summed E-state index contributed by atoms with van der Waals surface area (Å²) in [5.41, 5.74) is 3.75. The van der Waals surface area contributed by atoms with Crippen molar-refractivity contribution >= 4 is 17.7 Å². The summed E-state index contributed by atoms with van der Waals surface area (Å²) in [6.45, 7) is 5.55. The lowest BCUT2D eigenvalue weighted by Crippen LogP contribution is -2.39. The Balaban J connectivity index is 1.30. The Morgan fingerprint density at radius 1 is 1.00 bits per heavy atom. The van der Waals surface area contributed by atoms with Crippen LogP contribution < -0.4 is 11.2 Å². The highest BCUT2D eigenvalue weighted by Crippen LogP contribution is 2.27. The van der Waals surface area contributed by atoms with Gasteiger partial charge in [-0.15, -0.1) is 10.2 Å². The lowest BCUT2D eigenvalue weighted by Gasteiger charge is -2.32. The molecule has 2 aromatic heterocycles. The Bertz CT molecular complexity index is 1540. The molecule has 0 unspecified atom stereocenters. The van der Waals surface area contributed by atoms with Crippen LogP contribution in [0.1, 0.15) is 41.1 Å². The molecule has 0 aliphatic carbocycles. The van der Waals surface area contributed by atoms with Gasteiger partial charge < -0.3 is 9.88 Å². The fourth-order valence-corrected chi connectivity index (χ4v) is 5.91. The van der Waals surface area contributed by atoms with E-state index < -0.39 is 11.2 Å². The summed E-state index contributed by atoms with van der Waals surface area (Å²) in [7, 11) is 0. The van der Waals surface area contributed by atoms with Crippen LogP contribution in [0.2, 0.25) is 0 Å². The molecule has 0 radical (unpaired) electrons. The van der Waals surface area contributed by atoms with Gasteiger partial charge in [0.2, 0.25) is 5.91 Å². The molecule has 1 fully saturated rings. The normalized spacial score (nSPS) is 14.1. The summed E-state index contributed by atoms with van der Waals surface area (Å²) in [6, 6.07) is 18.0. The number of likely N-dealkylation sites (tertiary alicyclic amines) is 1. The number of carbonyl (C=O) groups excluding carboxylic acids is 1. The lowest BCUT2D eigenvalue weighted by molar-refractivity contribution is -0.129. The molecule has 2 N–H and O–H groups in total. The van der Waals surface area contributed by atoms with Crippen molar-refractivity contribution in [2.24, 2.45) is 5.92 Å². The van der Waals surface area contributed by atoms with E-state index in [0.717, 1.165) is 49.2 Å². The van der Waals surface area contributed by atoms with E-state index in [1.54, 1.807) is 0 Å². The summed E-state index contributed by atoms with van der Waals surface area (Å²) >= 11 is 1.36. The summed E-state index contributed by atoms with van der Waals surface area (Å²) in [6.07, 6.45) is 3.27. The highest BCUT2D eigenvalue weighted by Gasteiger charge is 2.24. The molecule has 0 spiro atoms. The molecule has 1 amide bonds. The number of rotatable bonds is 8. The average Bonchev–Trinajstić information content (AvgIpc) is 3.31. The molecule has 10 heteroatoms. The predicted molar refractivity (Wildman–Crippen MR) is 151 cm³/mol. The second-order valence-corrected chi connectivity index (χ2v) is 11.1. The third-order valence-corrected chi connectivity index (χ3v) is 8.04. The monoisotopic (exact) mass is 544 g/mol. The molecule has 5 rings (SSSR count). The van der Waals surface area contributed by atoms with Gasteiger partial charge in [-0.1, -0.05) is 54.2 Å². The van der Waals surface area contributed by atoms with E-state index >= 15 is 0 Å². The highest BCUT2D eigenvalue weighted by molar-refractivity contribution is 7.99. The topological polar surface area (TPSA) is 117 Å². The van der Waals surface area contributed by atoms with Crippen LogP contribution in [0.3, 0.4) is 0 Å². The molecule has 0 saturated carbocycles. The van der Waals surface area contributed by atoms with Gasteiger partial charge in [0.05, 0.1) is 11.4 Å². The van der Waals surface area contributed by atoms with Crippen molar-refractivity contribution in [1.29, 1.82) is 0 Å². The molecule has 1 saturated heterocycles. The Morgan fingerprint density at radius 2 is 1.77 bits per heavy atom. The predicted octanol–water partition coefficient (Wildman–Crippen LogP) is 3.42. The summed E-state index contributed by atoms with van der Waals surface area (Å²) in [4.78, 5) is 43.6. The quantitative estimate of drug-likeness (QED) is 0.328. The first-order valence-electron chi connectivity index (χ1n) is 13.1. The first kappa shape index (κ1) is 26.7. The summed E-state index contributed by atoms with van der Waals surface area (Å²) < 4.78 is 1.92. The molecule has 2 aromatic carbocycles. The standard InChI is InChI=1S/C29H32N6O3S/c1-19-8-9-20(2)24(14-19)35-25(16-23-17-26(36)31-28(38)30-23)32-33-29(35)39-18-27(37)34-12-10-22(11-13-34)15-21-6-4-3-5-7-21/h3-9,14,17,22H,10-13,15-16,18H2,1-2H3,(H2,30,31,36,38). The van der Waals surface area contributed by atoms with E-state index in [1.165, 1.54) is 23.4 Å². The van der Waals surface area contributed by atoms with Crippen molar-refractivity contribution < 1.29 is 4.79 Å². The van der Waals surface area contributed by atoms with E-state index in [2.05, 4.69) is 44.4 Å². The number of hydrogen-bond donors (Lipinski definition) is 2. The molecule has 9 nitrogen and oxygen atoms in total. The van der Waals surface area contributed by atoms with E-state index in [1.807, 2.05) is 47.6 Å². The fourth-order valence-electron chi connectivity index (χ4n) is 5.05. The Morgan fingerprint density at radius 3 is 2.51 bits per heavy atom. The minimum absolute atomic E-state index is 0.0918. The average molecular weight is 545 g/mol. The zero-order valence-corrected chi connectivity index (χ0v) is 23.0. The molecule has 39 heavy (non-hydrogen) atoms. The largest absolute Gasteiger partial charge is 0.342 e. The number of nitrogens with one attached hydrogen (secondary N) is 2. The van der Waals surface area contributed by atoms with Gasteiger partial charge in [0.15, 0.2) is 5.16 Å². The van der Waals surface area contributed by atoms with Gasteiger partial charge in [0, 0.05) is 31.3 Å². The number of carbonyl (C=O) groups is 1. The number of piperidine rings is 1. The minimum Gasteiger partial charge on any atom is -0.342 e. The van der Waals surface area contributed by atoms with Crippen molar-refractivity contribution in [3.63, 3.8) is 0 Å². The molecular formula is C29H32N6O3S. The SMILES string of the molecule is Cc1ccc(C)c(-n2c(Cc3cc(=O)[nH]c(=O)[nH]3)nnc2SCC(=O)N2CCC(Cc3ccccc3)CC2)c1. The van der Waals surface area contributed by atoms with Crippen molar-refractivity contribution in [3.8, 4) is 5.69 Å². The number of aryl methyl sites for hydroxylation is 2. The van der Waals surface area contributed by atoms with Gasteiger partial charge in [0.25, 0.3) is 5.56 Å². The number of hydrogen-bond acceptors (Lipinski definition) is 6. The van der Waals surface area contributed by atoms with Crippen molar-refractivity contribution in [2.75, 3.05) is 18.8 Å². The summed E-state index contributed by atoms with van der Waals surface area (Å²) in [5, 5.41) is 9.39. The molecule has 4 aromatic rings. The molecule has 3 heterocycles. The van der Waals surface area contributed by atoms with Gasteiger partial charge >= 0.3 is 5.69 Å². The van der Waals surface area contributed by atoms with Crippen LogP contribution in [-0.4, -0.2) is 54.4 Å². The smallest absolute Gasteiger partial charge is 0.325 e. The second kappa shape index (κ2) is 11.9. The highest BCUT2D eigenvalue weighted by atomic mass is 32.2. The van der Waals surface area contributed by atoms with Gasteiger partial charge in [-0.3, -0.25) is 19.1 Å². The molecular weight excluding hydrogens is 512 g/mol. The van der Waals surface area contributed by atoms with E-state index in [9.17, 15) is 14.4 Å². The number of aromatic amines is 2.